The van der Waals surface area contributed by atoms with Crippen LogP contribution < -0.4 is 5.48 Å². The van der Waals surface area contributed by atoms with E-state index in [0.29, 0.717) is 36.1 Å². The van der Waals surface area contributed by atoms with E-state index >= 15 is 0 Å². The Hall–Kier alpha value is -1.20. The van der Waals surface area contributed by atoms with Gasteiger partial charge in [-0.15, -0.1) is 23.2 Å². The van der Waals surface area contributed by atoms with Gasteiger partial charge in [0.05, 0.1) is 24.0 Å². The van der Waals surface area contributed by atoms with Gasteiger partial charge >= 0.3 is 0 Å². The van der Waals surface area contributed by atoms with Crippen LogP contribution in [0.15, 0.2) is 18.6 Å². The summed E-state index contributed by atoms with van der Waals surface area (Å²) in [4.78, 5) is 13.3. The molecule has 1 saturated carbocycles. The van der Waals surface area contributed by atoms with Gasteiger partial charge < -0.3 is 24.6 Å². The van der Waals surface area contributed by atoms with E-state index in [2.05, 4.69) is 15.4 Å². The van der Waals surface area contributed by atoms with E-state index in [1.165, 1.54) is 13.4 Å². The summed E-state index contributed by atoms with van der Waals surface area (Å²) in [5, 5.41) is 32.4. The van der Waals surface area contributed by atoms with E-state index in [-0.39, 0.29) is 16.7 Å². The summed E-state index contributed by atoms with van der Waals surface area (Å²) in [6, 6.07) is 1.75. The molecule has 11 heteroatoms. The first-order chi connectivity index (χ1) is 13.9. The number of aliphatic hydroxyl groups excluding tert-OH is 3. The maximum absolute atomic E-state index is 10.8. The first-order valence-corrected chi connectivity index (χ1v) is 10.4. The third-order valence-corrected chi connectivity index (χ3v) is 6.94. The van der Waals surface area contributed by atoms with Gasteiger partial charge in [-0.2, -0.15) is 0 Å². The average molecular weight is 447 g/mol. The van der Waals surface area contributed by atoms with Crippen molar-refractivity contribution in [3.8, 4) is 0 Å². The Morgan fingerprint density at radius 3 is 2.76 bits per heavy atom. The number of rotatable bonds is 5. The van der Waals surface area contributed by atoms with Gasteiger partial charge in [0.1, 0.15) is 30.3 Å². The van der Waals surface area contributed by atoms with Crippen molar-refractivity contribution in [1.29, 1.82) is 0 Å². The number of anilines is 1. The smallest absolute Gasteiger partial charge is 0.164 e. The number of aromatic nitrogens is 3. The molecule has 2 fully saturated rings. The fraction of sp³-hybridized carbons (Fsp3) is 0.667. The molecule has 0 bridgehead atoms. The normalized spacial score (nSPS) is 36.4. The fourth-order valence-electron chi connectivity index (χ4n) is 4.24. The molecule has 160 valence electrons. The van der Waals surface area contributed by atoms with Crippen molar-refractivity contribution in [2.75, 3.05) is 12.6 Å². The van der Waals surface area contributed by atoms with E-state index in [0.717, 1.165) is 0 Å². The molecule has 1 aliphatic heterocycles. The maximum Gasteiger partial charge on any atom is 0.164 e. The van der Waals surface area contributed by atoms with Gasteiger partial charge in [0, 0.05) is 11.6 Å². The standard InChI is InChI=1S/C18H24Cl2N4O5/c1-28-23-16-9-4-5-24(17(9)22-7-21-16)18-14(27)13(26)15(29-18)12(25)8-2-3-10(19)11(20)6-8/h4-5,7-8,10-15,18,25-27H,2-3,6H2,1H3,(H,21,22,23)/t8?,10?,11?,12-,13+,14-,15-,18-/m1/s1. The molecule has 4 rings (SSSR count). The van der Waals surface area contributed by atoms with Gasteiger partial charge in [0.25, 0.3) is 0 Å². The summed E-state index contributed by atoms with van der Waals surface area (Å²) in [5.41, 5.74) is 3.17. The molecule has 2 aromatic heterocycles. The predicted molar refractivity (Wildman–Crippen MR) is 107 cm³/mol. The number of hydrogen-bond acceptors (Lipinski definition) is 8. The summed E-state index contributed by atoms with van der Waals surface area (Å²) in [6.07, 6.45) is -0.414. The SMILES string of the molecule is CONc1ncnc2c1ccn2[C@@H]1O[C@H]([C@H](O)C2CCC(Cl)C(Cl)C2)[C@@H](O)[C@H]1O. The molecular formula is C18H24Cl2N4O5. The molecule has 3 unspecified atom stereocenters. The number of hydrogen-bond donors (Lipinski definition) is 4. The molecule has 9 nitrogen and oxygen atoms in total. The van der Waals surface area contributed by atoms with E-state index in [4.69, 9.17) is 32.8 Å². The minimum atomic E-state index is -1.26. The van der Waals surface area contributed by atoms with E-state index < -0.39 is 30.6 Å². The highest BCUT2D eigenvalue weighted by Gasteiger charge is 2.49. The summed E-state index contributed by atoms with van der Waals surface area (Å²) in [5.74, 6) is 0.297. The van der Waals surface area contributed by atoms with Gasteiger partial charge in [0.2, 0.25) is 0 Å². The number of alkyl halides is 2. The molecule has 29 heavy (non-hydrogen) atoms. The van der Waals surface area contributed by atoms with Gasteiger partial charge in [0.15, 0.2) is 12.0 Å². The minimum absolute atomic E-state index is 0.131. The molecular weight excluding hydrogens is 423 g/mol. The lowest BCUT2D eigenvalue weighted by Gasteiger charge is -2.35. The van der Waals surface area contributed by atoms with Crippen LogP contribution in [0.3, 0.4) is 0 Å². The first kappa shape index (κ1) is 21.0. The topological polar surface area (TPSA) is 122 Å². The zero-order valence-electron chi connectivity index (χ0n) is 15.7. The second-order valence-corrected chi connectivity index (χ2v) is 8.68. The maximum atomic E-state index is 10.8. The largest absolute Gasteiger partial charge is 0.390 e. The molecule has 0 aromatic carbocycles. The highest BCUT2D eigenvalue weighted by Crippen LogP contribution is 2.40. The number of nitrogens with zero attached hydrogens (tertiary/aromatic N) is 3. The number of nitrogens with one attached hydrogen (secondary N) is 1. The molecule has 1 saturated heterocycles. The highest BCUT2D eigenvalue weighted by atomic mass is 35.5. The zero-order valence-corrected chi connectivity index (χ0v) is 17.2. The number of aliphatic hydroxyl groups is 3. The van der Waals surface area contributed by atoms with Crippen molar-refractivity contribution in [3.63, 3.8) is 0 Å². The molecule has 0 radical (unpaired) electrons. The Kier molecular flexibility index (Phi) is 6.17. The third kappa shape index (κ3) is 3.81. The monoisotopic (exact) mass is 446 g/mol. The van der Waals surface area contributed by atoms with E-state index in [1.54, 1.807) is 16.8 Å². The Labute approximate surface area is 177 Å². The van der Waals surface area contributed by atoms with E-state index in [9.17, 15) is 15.3 Å². The Morgan fingerprint density at radius 1 is 1.24 bits per heavy atom. The Balaban J connectivity index is 1.56. The lowest BCUT2D eigenvalue weighted by atomic mass is 9.81. The highest BCUT2D eigenvalue weighted by molar-refractivity contribution is 6.30. The zero-order chi connectivity index (χ0) is 20.7. The number of fused-ring (bicyclic) bond motifs is 1. The van der Waals surface area contributed by atoms with Crippen molar-refractivity contribution >= 4 is 40.1 Å². The summed E-state index contributed by atoms with van der Waals surface area (Å²) < 4.78 is 7.55. The van der Waals surface area contributed by atoms with Crippen molar-refractivity contribution in [1.82, 2.24) is 14.5 Å². The Morgan fingerprint density at radius 2 is 2.03 bits per heavy atom. The lowest BCUT2D eigenvalue weighted by Crippen LogP contribution is -2.45. The molecule has 0 amide bonds. The molecule has 2 aromatic rings. The van der Waals surface area contributed by atoms with E-state index in [1.807, 2.05) is 0 Å². The molecule has 0 spiro atoms. The van der Waals surface area contributed by atoms with Crippen LogP contribution in [0.25, 0.3) is 11.0 Å². The van der Waals surface area contributed by atoms with Crippen LogP contribution >= 0.6 is 23.2 Å². The number of ether oxygens (including phenoxy) is 1. The van der Waals surface area contributed by atoms with Gasteiger partial charge in [-0.1, -0.05) is 0 Å². The van der Waals surface area contributed by atoms with Crippen LogP contribution in [0.1, 0.15) is 25.5 Å². The van der Waals surface area contributed by atoms with Crippen LogP contribution in [0.5, 0.6) is 0 Å². The van der Waals surface area contributed by atoms with Crippen molar-refractivity contribution in [2.45, 2.75) is 60.7 Å². The van der Waals surface area contributed by atoms with Crippen LogP contribution in [0, 0.1) is 5.92 Å². The third-order valence-electron chi connectivity index (χ3n) is 5.81. The van der Waals surface area contributed by atoms with Crippen LogP contribution in [0.2, 0.25) is 0 Å². The van der Waals surface area contributed by atoms with Gasteiger partial charge in [-0.3, -0.25) is 4.84 Å². The van der Waals surface area contributed by atoms with Crippen molar-refractivity contribution < 1.29 is 24.9 Å². The second-order valence-electron chi connectivity index (χ2n) is 7.56. The number of halogens is 2. The molecule has 1 aliphatic carbocycles. The Bertz CT molecular complexity index is 855. The molecule has 2 aliphatic rings. The van der Waals surface area contributed by atoms with Gasteiger partial charge in [-0.25, -0.2) is 15.4 Å². The predicted octanol–water partition coefficient (Wildman–Crippen LogP) is 1.40. The second kappa shape index (κ2) is 8.50. The lowest BCUT2D eigenvalue weighted by molar-refractivity contribution is -0.104. The average Bonchev–Trinajstić information content (AvgIpc) is 3.26. The summed E-state index contributed by atoms with van der Waals surface area (Å²) in [7, 11) is 1.47. The van der Waals surface area contributed by atoms with Crippen LogP contribution in [0.4, 0.5) is 5.82 Å². The molecule has 4 N–H and O–H groups in total. The summed E-state index contributed by atoms with van der Waals surface area (Å²) in [6.45, 7) is 0. The molecule has 8 atom stereocenters. The summed E-state index contributed by atoms with van der Waals surface area (Å²) >= 11 is 12.4. The van der Waals surface area contributed by atoms with Crippen molar-refractivity contribution in [3.05, 3.63) is 18.6 Å². The van der Waals surface area contributed by atoms with Crippen LogP contribution in [-0.2, 0) is 9.57 Å². The molecule has 3 heterocycles. The fourth-order valence-corrected chi connectivity index (χ4v) is 4.82. The van der Waals surface area contributed by atoms with Crippen LogP contribution in [-0.4, -0.2) is 72.1 Å². The quantitative estimate of drug-likeness (QED) is 0.401. The van der Waals surface area contributed by atoms with Crippen molar-refractivity contribution in [2.24, 2.45) is 5.92 Å². The minimum Gasteiger partial charge on any atom is -0.390 e. The first-order valence-electron chi connectivity index (χ1n) is 9.50. The van der Waals surface area contributed by atoms with Gasteiger partial charge in [-0.05, 0) is 31.2 Å².